The number of para-hydroxylation sites is 1. The van der Waals surface area contributed by atoms with Crippen LogP contribution in [0.4, 0.5) is 0 Å². The van der Waals surface area contributed by atoms with Crippen LogP contribution in [-0.2, 0) is 14.3 Å². The van der Waals surface area contributed by atoms with Crippen LogP contribution in [0.15, 0.2) is 24.3 Å². The zero-order chi connectivity index (χ0) is 16.8. The second-order valence-corrected chi connectivity index (χ2v) is 6.99. The van der Waals surface area contributed by atoms with Gasteiger partial charge in [-0.15, -0.1) is 0 Å². The van der Waals surface area contributed by atoms with Crippen molar-refractivity contribution in [1.29, 1.82) is 0 Å². The van der Waals surface area contributed by atoms with E-state index >= 15 is 0 Å². The fourth-order valence-electron chi connectivity index (χ4n) is 2.24. The summed E-state index contributed by atoms with van der Waals surface area (Å²) in [5.74, 6) is -0.165. The maximum absolute atomic E-state index is 12.2. The van der Waals surface area contributed by atoms with E-state index in [1.165, 1.54) is 7.11 Å². The highest BCUT2D eigenvalue weighted by atomic mass is 31.2. The molecule has 0 radical (unpaired) electrons. The fraction of sp³-hybridized carbons (Fsp3) is 0.467. The van der Waals surface area contributed by atoms with Crippen molar-refractivity contribution in [2.45, 2.75) is 25.4 Å². The second kappa shape index (κ2) is 8.24. The fourth-order valence-corrected chi connectivity index (χ4v) is 4.11. The van der Waals surface area contributed by atoms with Crippen molar-refractivity contribution in [3.63, 3.8) is 0 Å². The molecule has 8 heteroatoms. The summed E-state index contributed by atoms with van der Waals surface area (Å²) < 4.78 is 10.6. The maximum atomic E-state index is 12.2. The van der Waals surface area contributed by atoms with Crippen molar-refractivity contribution < 1.29 is 24.1 Å². The quantitative estimate of drug-likeness (QED) is 0.467. The summed E-state index contributed by atoms with van der Waals surface area (Å²) in [6.07, 6.45) is 1.28. The van der Waals surface area contributed by atoms with Crippen molar-refractivity contribution in [2.24, 2.45) is 0 Å². The number of benzene rings is 1. The van der Waals surface area contributed by atoms with Gasteiger partial charge in [-0.05, 0) is 31.4 Å². The summed E-state index contributed by atoms with van der Waals surface area (Å²) in [7, 11) is -0.176. The number of hydrogen-bond acceptors (Lipinski definition) is 6. The molecule has 0 aliphatic carbocycles. The first-order chi connectivity index (χ1) is 11.0. The van der Waals surface area contributed by atoms with Crippen molar-refractivity contribution in [2.75, 3.05) is 20.2 Å². The summed E-state index contributed by atoms with van der Waals surface area (Å²) in [4.78, 5) is 23.6. The Bertz CT molecular complexity index is 569. The predicted molar refractivity (Wildman–Crippen MR) is 85.3 cm³/mol. The molecule has 1 saturated heterocycles. The minimum Gasteiger partial charge on any atom is -0.468 e. The number of hydrogen-bond donors (Lipinski definition) is 2. The number of rotatable bonds is 6. The molecule has 1 amide bonds. The SMILES string of the molecule is COC(=O)CNP(Oc1ccccc1C)C1CCCN(O)C1=O. The molecule has 0 aromatic heterocycles. The van der Waals surface area contributed by atoms with E-state index in [1.54, 1.807) is 0 Å². The first-order valence-electron chi connectivity index (χ1n) is 7.36. The summed E-state index contributed by atoms with van der Waals surface area (Å²) in [5.41, 5.74) is 0.428. The van der Waals surface area contributed by atoms with Crippen molar-refractivity contribution in [3.05, 3.63) is 29.8 Å². The molecule has 2 rings (SSSR count). The smallest absolute Gasteiger partial charge is 0.320 e. The van der Waals surface area contributed by atoms with Gasteiger partial charge in [0.15, 0.2) is 8.30 Å². The Labute approximate surface area is 136 Å². The predicted octanol–water partition coefficient (Wildman–Crippen LogP) is 1.83. The third kappa shape index (κ3) is 4.64. The molecule has 2 N–H and O–H groups in total. The second-order valence-electron chi connectivity index (χ2n) is 5.21. The van der Waals surface area contributed by atoms with Crippen LogP contribution in [0.3, 0.4) is 0 Å². The van der Waals surface area contributed by atoms with Crippen LogP contribution in [-0.4, -0.2) is 48.0 Å². The molecule has 0 saturated carbocycles. The van der Waals surface area contributed by atoms with Gasteiger partial charge >= 0.3 is 5.97 Å². The summed E-state index contributed by atoms with van der Waals surface area (Å²) >= 11 is 0. The number of ether oxygens (including phenoxy) is 1. The van der Waals surface area contributed by atoms with Crippen LogP contribution >= 0.6 is 8.30 Å². The Morgan fingerprint density at radius 2 is 2.22 bits per heavy atom. The molecule has 2 atom stereocenters. The number of esters is 1. The Morgan fingerprint density at radius 1 is 1.48 bits per heavy atom. The minimum atomic E-state index is -1.48. The van der Waals surface area contributed by atoms with Gasteiger partial charge in [0.25, 0.3) is 5.91 Å². The van der Waals surface area contributed by atoms with Crippen molar-refractivity contribution >= 4 is 20.2 Å². The molecule has 2 unspecified atom stereocenters. The van der Waals surface area contributed by atoms with E-state index in [4.69, 9.17) is 4.52 Å². The average molecular weight is 340 g/mol. The van der Waals surface area contributed by atoms with E-state index in [0.29, 0.717) is 25.1 Å². The Morgan fingerprint density at radius 3 is 2.91 bits per heavy atom. The zero-order valence-electron chi connectivity index (χ0n) is 13.2. The number of methoxy groups -OCH3 is 1. The molecule has 23 heavy (non-hydrogen) atoms. The van der Waals surface area contributed by atoms with E-state index in [2.05, 4.69) is 9.82 Å². The van der Waals surface area contributed by atoms with Gasteiger partial charge in [-0.2, -0.15) is 0 Å². The molecule has 1 fully saturated rings. The molecule has 1 aromatic rings. The number of carbonyl (C=O) groups is 2. The van der Waals surface area contributed by atoms with E-state index in [1.807, 2.05) is 31.2 Å². The lowest BCUT2D eigenvalue weighted by atomic mass is 10.1. The standard InChI is InChI=1S/C15H21N2O5P/c1-11-6-3-4-7-12(11)22-23(16-10-14(18)21-2)13-8-5-9-17(20)15(13)19/h3-4,6-7,13,16,20H,5,8-10H2,1-2H3. The number of hydroxylamine groups is 2. The van der Waals surface area contributed by atoms with Crippen LogP contribution in [0.2, 0.25) is 0 Å². The molecular weight excluding hydrogens is 319 g/mol. The lowest BCUT2D eigenvalue weighted by Gasteiger charge is -2.32. The Hall–Kier alpha value is -1.69. The van der Waals surface area contributed by atoms with Gasteiger partial charge < -0.3 is 9.26 Å². The number of nitrogens with zero attached hydrogens (tertiary/aromatic N) is 1. The summed E-state index contributed by atoms with van der Waals surface area (Å²) in [5, 5.41) is 13.4. The number of amides is 1. The monoisotopic (exact) mass is 340 g/mol. The number of carbonyl (C=O) groups excluding carboxylic acids is 2. The van der Waals surface area contributed by atoms with E-state index in [9.17, 15) is 14.8 Å². The van der Waals surface area contributed by atoms with Gasteiger partial charge in [-0.25, -0.2) is 5.06 Å². The van der Waals surface area contributed by atoms with E-state index < -0.39 is 19.9 Å². The molecule has 1 aliphatic rings. The normalized spacial score (nSPS) is 19.3. The van der Waals surface area contributed by atoms with E-state index in [0.717, 1.165) is 10.6 Å². The van der Waals surface area contributed by atoms with Gasteiger partial charge in [0.05, 0.1) is 7.11 Å². The average Bonchev–Trinajstić information content (AvgIpc) is 2.55. The summed E-state index contributed by atoms with van der Waals surface area (Å²) in [6.45, 7) is 2.17. The highest BCUT2D eigenvalue weighted by molar-refractivity contribution is 7.52. The number of nitrogens with one attached hydrogen (secondary N) is 1. The van der Waals surface area contributed by atoms with Gasteiger partial charge in [0.2, 0.25) is 0 Å². The first-order valence-corrected chi connectivity index (χ1v) is 8.69. The minimum absolute atomic E-state index is 0.0523. The van der Waals surface area contributed by atoms with Crippen molar-refractivity contribution in [3.8, 4) is 5.75 Å². The maximum Gasteiger partial charge on any atom is 0.320 e. The zero-order valence-corrected chi connectivity index (χ0v) is 14.1. The van der Waals surface area contributed by atoms with Gasteiger partial charge in [-0.3, -0.25) is 19.9 Å². The molecule has 1 aromatic carbocycles. The highest BCUT2D eigenvalue weighted by Gasteiger charge is 2.37. The third-order valence-corrected chi connectivity index (χ3v) is 5.48. The van der Waals surface area contributed by atoms with Crippen LogP contribution in [0.25, 0.3) is 0 Å². The van der Waals surface area contributed by atoms with Crippen LogP contribution < -0.4 is 9.61 Å². The van der Waals surface area contributed by atoms with Crippen molar-refractivity contribution in [1.82, 2.24) is 10.2 Å². The number of aryl methyl sites for hydroxylation is 1. The third-order valence-electron chi connectivity index (χ3n) is 3.57. The van der Waals surface area contributed by atoms with Gasteiger partial charge in [-0.1, -0.05) is 18.2 Å². The lowest BCUT2D eigenvalue weighted by molar-refractivity contribution is -0.169. The largest absolute Gasteiger partial charge is 0.468 e. The first kappa shape index (κ1) is 17.7. The number of piperidine rings is 1. The lowest BCUT2D eigenvalue weighted by Crippen LogP contribution is -2.43. The van der Waals surface area contributed by atoms with Crippen LogP contribution in [0.5, 0.6) is 5.75 Å². The topological polar surface area (TPSA) is 88.1 Å². The summed E-state index contributed by atoms with van der Waals surface area (Å²) in [6, 6.07) is 7.46. The molecular formula is C15H21N2O5P. The Kier molecular flexibility index (Phi) is 6.33. The molecule has 1 aliphatic heterocycles. The molecule has 126 valence electrons. The van der Waals surface area contributed by atoms with Gasteiger partial charge in [0.1, 0.15) is 18.0 Å². The Balaban J connectivity index is 2.15. The molecule has 0 bridgehead atoms. The molecule has 1 heterocycles. The van der Waals surface area contributed by atoms with Crippen LogP contribution in [0, 0.1) is 6.92 Å². The van der Waals surface area contributed by atoms with Gasteiger partial charge in [0, 0.05) is 6.54 Å². The van der Waals surface area contributed by atoms with Crippen LogP contribution in [0.1, 0.15) is 18.4 Å². The highest BCUT2D eigenvalue weighted by Crippen LogP contribution is 2.44. The molecule has 7 nitrogen and oxygen atoms in total. The van der Waals surface area contributed by atoms with E-state index in [-0.39, 0.29) is 12.5 Å². The molecule has 0 spiro atoms.